The van der Waals surface area contributed by atoms with Crippen LogP contribution in [0.5, 0.6) is 0 Å². The number of fused-ring (bicyclic) bond motifs is 2. The van der Waals surface area contributed by atoms with Gasteiger partial charge in [0.15, 0.2) is 0 Å². The van der Waals surface area contributed by atoms with E-state index in [1.165, 1.54) is 5.70 Å². The van der Waals surface area contributed by atoms with E-state index >= 15 is 0 Å². The molecule has 2 aliphatic heterocycles. The van der Waals surface area contributed by atoms with Crippen LogP contribution in [0, 0.1) is 0 Å². The van der Waals surface area contributed by atoms with Crippen molar-refractivity contribution in [2.75, 3.05) is 25.5 Å². The zero-order chi connectivity index (χ0) is 24.4. The number of carbonyl (C=O) groups is 1. The van der Waals surface area contributed by atoms with Crippen molar-refractivity contribution in [3.05, 3.63) is 71.5 Å². The summed E-state index contributed by atoms with van der Waals surface area (Å²) in [4.78, 5) is 26.9. The van der Waals surface area contributed by atoms with Gasteiger partial charge in [-0.1, -0.05) is 6.07 Å². The minimum atomic E-state index is -0.0914. The molecular weight excluding hydrogens is 438 g/mol. The molecule has 1 aromatic carbocycles. The van der Waals surface area contributed by atoms with E-state index in [4.69, 9.17) is 0 Å². The molecule has 0 aliphatic carbocycles. The van der Waals surface area contributed by atoms with Crippen molar-refractivity contribution in [1.29, 1.82) is 0 Å². The van der Waals surface area contributed by atoms with E-state index in [2.05, 4.69) is 61.6 Å². The van der Waals surface area contributed by atoms with Gasteiger partial charge < -0.3 is 25.8 Å². The van der Waals surface area contributed by atoms with Crippen molar-refractivity contribution in [2.24, 2.45) is 4.99 Å². The number of anilines is 1. The van der Waals surface area contributed by atoms with Crippen LogP contribution >= 0.6 is 0 Å². The number of aromatic amines is 1. The van der Waals surface area contributed by atoms with Crippen molar-refractivity contribution in [3.63, 3.8) is 0 Å². The molecule has 0 atom stereocenters. The maximum atomic E-state index is 12.8. The number of allylic oxidation sites excluding steroid dienone is 3. The normalized spacial score (nSPS) is 17.0. The van der Waals surface area contributed by atoms with Gasteiger partial charge in [-0.3, -0.25) is 4.79 Å². The van der Waals surface area contributed by atoms with Crippen LogP contribution in [0.4, 0.5) is 5.69 Å². The van der Waals surface area contributed by atoms with Gasteiger partial charge in [-0.2, -0.15) is 0 Å². The number of likely N-dealkylation sites (tertiary alicyclic amines) is 1. The third-order valence-corrected chi connectivity index (χ3v) is 7.03. The number of benzene rings is 1. The number of aliphatic imine (C=N–C) groups is 1. The highest BCUT2D eigenvalue weighted by atomic mass is 16.1. The van der Waals surface area contributed by atoms with Crippen LogP contribution in [0.1, 0.15) is 35.7 Å². The standard InChI is InChI=1S/C27H31N7O/c1-17(34-14-10-18(28-2)11-15-34)4-7-24(29-3)33-23-6-5-19(22-16-32-27(35)25(22)23)20-8-12-30-26-21(20)9-13-31-26/h4-9,12-13,18,28,33H,3,10-11,14-16H2,1-2H3,(H,30,31)(H,32,35)/b17-4+,24-7+. The Labute approximate surface area is 205 Å². The molecule has 4 N–H and O–H groups in total. The maximum absolute atomic E-state index is 12.8. The molecule has 3 aromatic rings. The Kier molecular flexibility index (Phi) is 6.37. The number of aromatic nitrogens is 2. The Balaban J connectivity index is 1.42. The first-order chi connectivity index (χ1) is 17.1. The number of H-pyrrole nitrogens is 1. The summed E-state index contributed by atoms with van der Waals surface area (Å²) in [7, 11) is 2.03. The number of carbonyl (C=O) groups excluding carboxylic acids is 1. The van der Waals surface area contributed by atoms with Crippen LogP contribution in [-0.4, -0.2) is 53.7 Å². The summed E-state index contributed by atoms with van der Waals surface area (Å²) in [5, 5.41) is 10.7. The molecule has 35 heavy (non-hydrogen) atoms. The summed E-state index contributed by atoms with van der Waals surface area (Å²) in [6, 6.07) is 8.59. The zero-order valence-corrected chi connectivity index (χ0v) is 20.2. The molecule has 0 bridgehead atoms. The second-order valence-corrected chi connectivity index (χ2v) is 8.99. The van der Waals surface area contributed by atoms with E-state index in [9.17, 15) is 4.79 Å². The van der Waals surface area contributed by atoms with Crippen LogP contribution in [-0.2, 0) is 6.54 Å². The number of hydrogen-bond acceptors (Lipinski definition) is 6. The van der Waals surface area contributed by atoms with E-state index in [-0.39, 0.29) is 5.91 Å². The van der Waals surface area contributed by atoms with Gasteiger partial charge in [-0.25, -0.2) is 9.98 Å². The minimum Gasteiger partial charge on any atom is -0.375 e. The van der Waals surface area contributed by atoms with Gasteiger partial charge in [-0.05, 0) is 80.6 Å². The van der Waals surface area contributed by atoms with Gasteiger partial charge in [0.2, 0.25) is 0 Å². The van der Waals surface area contributed by atoms with E-state index in [0.717, 1.165) is 59.3 Å². The number of piperidine rings is 1. The molecule has 0 saturated carbocycles. The van der Waals surface area contributed by atoms with Crippen molar-refractivity contribution >= 4 is 29.3 Å². The van der Waals surface area contributed by atoms with Crippen LogP contribution in [0.2, 0.25) is 0 Å². The number of amides is 1. The summed E-state index contributed by atoms with van der Waals surface area (Å²) < 4.78 is 0. The summed E-state index contributed by atoms with van der Waals surface area (Å²) in [5.74, 6) is 0.507. The lowest BCUT2D eigenvalue weighted by molar-refractivity contribution is 0.0966. The average Bonchev–Trinajstić information content (AvgIpc) is 3.53. The van der Waals surface area contributed by atoms with E-state index < -0.39 is 0 Å². The number of rotatable bonds is 7. The summed E-state index contributed by atoms with van der Waals surface area (Å²) in [5.41, 5.74) is 6.42. The largest absolute Gasteiger partial charge is 0.375 e. The molecule has 0 unspecified atom stereocenters. The Hall–Kier alpha value is -3.91. The fourth-order valence-electron chi connectivity index (χ4n) is 5.00. The molecule has 180 valence electrons. The lowest BCUT2D eigenvalue weighted by Gasteiger charge is -2.33. The van der Waals surface area contributed by atoms with E-state index in [1.807, 2.05) is 37.5 Å². The van der Waals surface area contributed by atoms with Crippen molar-refractivity contribution in [3.8, 4) is 11.1 Å². The Bertz CT molecular complexity index is 1330. The van der Waals surface area contributed by atoms with Crippen LogP contribution < -0.4 is 16.0 Å². The number of hydrogen-bond donors (Lipinski definition) is 4. The van der Waals surface area contributed by atoms with Crippen molar-refractivity contribution < 1.29 is 4.79 Å². The molecular formula is C27H31N7O. The highest BCUT2D eigenvalue weighted by Crippen LogP contribution is 2.37. The molecule has 4 heterocycles. The van der Waals surface area contributed by atoms with Gasteiger partial charge in [0, 0.05) is 49.2 Å². The highest BCUT2D eigenvalue weighted by molar-refractivity contribution is 6.07. The molecule has 8 nitrogen and oxygen atoms in total. The summed E-state index contributed by atoms with van der Waals surface area (Å²) in [6.07, 6.45) is 9.92. The van der Waals surface area contributed by atoms with Gasteiger partial charge >= 0.3 is 0 Å². The predicted octanol–water partition coefficient (Wildman–Crippen LogP) is 4.01. The third-order valence-electron chi connectivity index (χ3n) is 7.03. The number of nitrogens with one attached hydrogen (secondary N) is 4. The first-order valence-electron chi connectivity index (χ1n) is 12.0. The van der Waals surface area contributed by atoms with E-state index in [0.29, 0.717) is 24.0 Å². The fraction of sp³-hybridized carbons (Fsp3) is 0.296. The predicted molar refractivity (Wildman–Crippen MR) is 141 cm³/mol. The zero-order valence-electron chi connectivity index (χ0n) is 20.2. The molecule has 2 aliphatic rings. The SMILES string of the molecule is C=N/C(=C\C=C(/C)N1CCC(NC)CC1)Nc1ccc(-c2ccnc3[nH]ccc23)c2c1C(=O)NC2. The molecule has 1 amide bonds. The molecule has 1 fully saturated rings. The fourth-order valence-corrected chi connectivity index (χ4v) is 5.00. The summed E-state index contributed by atoms with van der Waals surface area (Å²) >= 11 is 0. The first-order valence-corrected chi connectivity index (χ1v) is 12.0. The molecule has 5 rings (SSSR count). The second kappa shape index (κ2) is 9.76. The number of nitrogens with zero attached hydrogens (tertiary/aromatic N) is 3. The summed E-state index contributed by atoms with van der Waals surface area (Å²) in [6.45, 7) is 8.40. The number of pyridine rings is 1. The first kappa shape index (κ1) is 22.9. The van der Waals surface area contributed by atoms with Gasteiger partial charge in [0.25, 0.3) is 5.91 Å². The van der Waals surface area contributed by atoms with Crippen molar-refractivity contribution in [1.82, 2.24) is 25.5 Å². The topological polar surface area (TPSA) is 97.4 Å². The van der Waals surface area contributed by atoms with Gasteiger partial charge in [0.05, 0.1) is 11.3 Å². The molecule has 0 spiro atoms. The monoisotopic (exact) mass is 469 g/mol. The maximum Gasteiger partial charge on any atom is 0.254 e. The second-order valence-electron chi connectivity index (χ2n) is 8.99. The third kappa shape index (κ3) is 4.44. The lowest BCUT2D eigenvalue weighted by atomic mass is 9.94. The van der Waals surface area contributed by atoms with Gasteiger partial charge in [0.1, 0.15) is 11.5 Å². The smallest absolute Gasteiger partial charge is 0.254 e. The van der Waals surface area contributed by atoms with Crippen LogP contribution in [0.25, 0.3) is 22.2 Å². The molecule has 2 aromatic heterocycles. The molecule has 0 radical (unpaired) electrons. The average molecular weight is 470 g/mol. The highest BCUT2D eigenvalue weighted by Gasteiger charge is 2.27. The Morgan fingerprint density at radius 1 is 1.20 bits per heavy atom. The molecule has 8 heteroatoms. The van der Waals surface area contributed by atoms with Crippen LogP contribution in [0.15, 0.2) is 65.3 Å². The minimum absolute atomic E-state index is 0.0914. The van der Waals surface area contributed by atoms with Crippen molar-refractivity contribution in [2.45, 2.75) is 32.4 Å². The lowest BCUT2D eigenvalue weighted by Crippen LogP contribution is -2.40. The van der Waals surface area contributed by atoms with Gasteiger partial charge in [-0.15, -0.1) is 0 Å². The van der Waals surface area contributed by atoms with Crippen LogP contribution in [0.3, 0.4) is 0 Å². The van der Waals surface area contributed by atoms with E-state index in [1.54, 1.807) is 6.20 Å². The Morgan fingerprint density at radius 3 is 2.80 bits per heavy atom. The molecule has 1 saturated heterocycles. The quantitative estimate of drug-likeness (QED) is 0.310. The Morgan fingerprint density at radius 2 is 2.03 bits per heavy atom.